The van der Waals surface area contributed by atoms with Crippen molar-refractivity contribution >= 4 is 0 Å². The van der Waals surface area contributed by atoms with Gasteiger partial charge in [-0.3, -0.25) is 0 Å². The second kappa shape index (κ2) is 16.0. The topological polar surface area (TPSA) is 51.7 Å². The van der Waals surface area contributed by atoms with E-state index in [9.17, 15) is 0 Å². The first-order valence-corrected chi connectivity index (χ1v) is 2.02. The Hall–Kier alpha value is 0.608. The molecule has 3 heteroatoms. The Morgan fingerprint density at radius 3 is 1.86 bits per heavy atom. The fourth-order valence-electron chi connectivity index (χ4n) is 0.158. The van der Waals surface area contributed by atoms with Crippen LogP contribution in [0.1, 0.15) is 19.8 Å². The van der Waals surface area contributed by atoms with Gasteiger partial charge in [-0.25, -0.2) is 0 Å². The van der Waals surface area contributed by atoms with Crippen LogP contribution in [-0.2, 0) is 21.1 Å². The number of hydrogen-bond acceptors (Lipinski definition) is 1. The van der Waals surface area contributed by atoms with Crippen molar-refractivity contribution in [1.82, 2.24) is 0 Å². The molecule has 0 rings (SSSR count). The maximum absolute atomic E-state index is 8.07. The summed E-state index contributed by atoms with van der Waals surface area (Å²) < 4.78 is 0. The van der Waals surface area contributed by atoms with Crippen LogP contribution < -0.4 is 0 Å². The Morgan fingerprint density at radius 2 is 1.86 bits per heavy atom. The molecule has 0 amide bonds. The molecule has 2 nitrogen and oxygen atoms in total. The Bertz CT molecular complexity index is 17.2. The zero-order valence-corrected chi connectivity index (χ0v) is 7.41. The minimum absolute atomic E-state index is 0. The first-order valence-electron chi connectivity index (χ1n) is 2.02. The summed E-state index contributed by atoms with van der Waals surface area (Å²) in [6.45, 7) is 2.40. The first-order chi connectivity index (χ1) is 2.41. The number of hydrogen-bond donors (Lipinski definition) is 1. The van der Waals surface area contributed by atoms with E-state index in [-0.39, 0.29) is 26.5 Å². The van der Waals surface area contributed by atoms with Crippen LogP contribution >= 0.6 is 0 Å². The van der Waals surface area contributed by atoms with Gasteiger partial charge in [0.05, 0.1) is 0 Å². The van der Waals surface area contributed by atoms with Crippen LogP contribution in [-0.4, -0.2) is 17.2 Å². The largest absolute Gasteiger partial charge is 0.412 e. The van der Waals surface area contributed by atoms with E-state index in [2.05, 4.69) is 6.92 Å². The smallest absolute Gasteiger partial charge is 0.0430 e. The molecule has 0 aliphatic rings. The molecule has 0 aliphatic carbocycles. The third kappa shape index (κ3) is 20.6. The summed E-state index contributed by atoms with van der Waals surface area (Å²) in [7, 11) is 0. The summed E-state index contributed by atoms with van der Waals surface area (Å²) in [4.78, 5) is 0. The van der Waals surface area contributed by atoms with Gasteiger partial charge in [0.25, 0.3) is 0 Å². The molecule has 0 fully saturated rings. The molecule has 0 saturated carbocycles. The summed E-state index contributed by atoms with van der Waals surface area (Å²) in [6, 6.07) is 0. The van der Waals surface area contributed by atoms with E-state index in [4.69, 9.17) is 5.11 Å². The fraction of sp³-hybridized carbons (Fsp3) is 1.00. The maximum atomic E-state index is 8.07. The Morgan fingerprint density at radius 1 is 1.43 bits per heavy atom. The first kappa shape index (κ1) is 15.6. The van der Waals surface area contributed by atoms with E-state index in [1.807, 2.05) is 0 Å². The van der Waals surface area contributed by atoms with E-state index < -0.39 is 0 Å². The average Bonchev–Trinajstić information content (AvgIpc) is 1.41. The van der Waals surface area contributed by atoms with Crippen molar-refractivity contribution in [3.8, 4) is 0 Å². The van der Waals surface area contributed by atoms with E-state index in [0.29, 0.717) is 6.61 Å². The van der Waals surface area contributed by atoms with E-state index in [1.54, 1.807) is 0 Å². The van der Waals surface area contributed by atoms with E-state index in [0.717, 1.165) is 12.8 Å². The second-order valence-corrected chi connectivity index (χ2v) is 1.08. The van der Waals surface area contributed by atoms with Crippen LogP contribution in [0.3, 0.4) is 0 Å². The quantitative estimate of drug-likeness (QED) is 0.755. The molecule has 0 aromatic heterocycles. The van der Waals surface area contributed by atoms with Crippen molar-refractivity contribution in [2.75, 3.05) is 6.61 Å². The second-order valence-electron chi connectivity index (χ2n) is 1.08. The summed E-state index contributed by atoms with van der Waals surface area (Å²) in [5.74, 6) is 0. The third-order valence-corrected chi connectivity index (χ3v) is 0.512. The van der Waals surface area contributed by atoms with E-state index in [1.165, 1.54) is 0 Å². The van der Waals surface area contributed by atoms with Gasteiger partial charge in [0.2, 0.25) is 0 Å². The summed E-state index contributed by atoms with van der Waals surface area (Å²) >= 11 is 0. The van der Waals surface area contributed by atoms with Crippen LogP contribution in [0.5, 0.6) is 0 Å². The normalized spacial score (nSPS) is 6.00. The minimum atomic E-state index is 0. The van der Waals surface area contributed by atoms with Crippen molar-refractivity contribution < 1.29 is 31.6 Å². The molecule has 46 valence electrons. The standard InChI is InChI=1S/C4H10O.H2O.W/c1-2-3-4-5;;/h5H,2-4H2,1H3;1H2;. The number of aliphatic hydroxyl groups excluding tert-OH is 1. The van der Waals surface area contributed by atoms with Crippen LogP contribution in [0.15, 0.2) is 0 Å². The molecule has 3 N–H and O–H groups in total. The van der Waals surface area contributed by atoms with Gasteiger partial charge in [-0.15, -0.1) is 0 Å². The molecule has 0 aromatic rings. The third-order valence-electron chi connectivity index (χ3n) is 0.512. The summed E-state index contributed by atoms with van der Waals surface area (Å²) in [5.41, 5.74) is 0. The molecule has 0 aromatic carbocycles. The van der Waals surface area contributed by atoms with Gasteiger partial charge < -0.3 is 10.6 Å². The molecule has 0 aliphatic heterocycles. The Labute approximate surface area is 58.5 Å². The van der Waals surface area contributed by atoms with Gasteiger partial charge in [-0.05, 0) is 6.42 Å². The van der Waals surface area contributed by atoms with Gasteiger partial charge >= 0.3 is 0 Å². The molecule has 0 radical (unpaired) electrons. The maximum Gasteiger partial charge on any atom is 0.0430 e. The van der Waals surface area contributed by atoms with Crippen molar-refractivity contribution in [1.29, 1.82) is 0 Å². The number of rotatable bonds is 2. The molecule has 0 saturated heterocycles. The molecular formula is C4H12O2W. The van der Waals surface area contributed by atoms with Crippen LogP contribution in [0.25, 0.3) is 0 Å². The minimum Gasteiger partial charge on any atom is -0.412 e. The van der Waals surface area contributed by atoms with Crippen molar-refractivity contribution in [2.24, 2.45) is 0 Å². The summed E-state index contributed by atoms with van der Waals surface area (Å²) in [5, 5.41) is 8.07. The molecule has 0 spiro atoms. The molecule has 0 unspecified atom stereocenters. The fourth-order valence-corrected chi connectivity index (χ4v) is 0.158. The van der Waals surface area contributed by atoms with Crippen molar-refractivity contribution in [3.05, 3.63) is 0 Å². The van der Waals surface area contributed by atoms with E-state index >= 15 is 0 Å². The zero-order chi connectivity index (χ0) is 4.12. The van der Waals surface area contributed by atoms with Crippen LogP contribution in [0, 0.1) is 0 Å². The Kier molecular flexibility index (Phi) is 35.7. The zero-order valence-electron chi connectivity index (χ0n) is 4.48. The summed E-state index contributed by atoms with van der Waals surface area (Å²) in [6.07, 6.45) is 2.04. The van der Waals surface area contributed by atoms with Gasteiger partial charge in [0, 0.05) is 27.7 Å². The number of unbranched alkanes of at least 4 members (excludes halogenated alkanes) is 1. The van der Waals surface area contributed by atoms with Crippen LogP contribution in [0.4, 0.5) is 0 Å². The molecule has 0 atom stereocenters. The van der Waals surface area contributed by atoms with Crippen molar-refractivity contribution in [2.45, 2.75) is 19.8 Å². The monoisotopic (exact) mass is 276 g/mol. The van der Waals surface area contributed by atoms with Gasteiger partial charge in [0.1, 0.15) is 0 Å². The molecular weight excluding hydrogens is 264 g/mol. The van der Waals surface area contributed by atoms with Crippen LogP contribution in [0.2, 0.25) is 0 Å². The van der Waals surface area contributed by atoms with Crippen molar-refractivity contribution in [3.63, 3.8) is 0 Å². The van der Waals surface area contributed by atoms with Gasteiger partial charge in [-0.1, -0.05) is 13.3 Å². The SMILES string of the molecule is CCCCO.O.[W]. The van der Waals surface area contributed by atoms with Gasteiger partial charge in [-0.2, -0.15) is 0 Å². The predicted molar refractivity (Wildman–Crippen MR) is 25.6 cm³/mol. The number of aliphatic hydroxyl groups is 1. The Balaban J connectivity index is -0.0000000800. The molecule has 0 bridgehead atoms. The van der Waals surface area contributed by atoms with Gasteiger partial charge in [0.15, 0.2) is 0 Å². The predicted octanol–water partition coefficient (Wildman–Crippen LogP) is -0.0484. The average molecular weight is 276 g/mol. The molecule has 0 heterocycles. The molecule has 7 heavy (non-hydrogen) atoms.